The molecular weight excluding hydrogens is 344 g/mol. The van der Waals surface area contributed by atoms with Gasteiger partial charge in [0.15, 0.2) is 0 Å². The Labute approximate surface area is 157 Å². The SMILES string of the molecule is CC(C)N(CC(N)=O)C(=O)c1ccc2c(c1)CC(c1ccccc1)OC2=O. The molecule has 1 aliphatic rings. The zero-order valence-electron chi connectivity index (χ0n) is 15.3. The van der Waals surface area contributed by atoms with Crippen LogP contribution in [-0.2, 0) is 16.0 Å². The van der Waals surface area contributed by atoms with Crippen LogP contribution in [0.3, 0.4) is 0 Å². The number of hydrogen-bond donors (Lipinski definition) is 1. The smallest absolute Gasteiger partial charge is 0.339 e. The quantitative estimate of drug-likeness (QED) is 0.823. The number of primary amides is 1. The molecule has 0 aliphatic carbocycles. The predicted molar refractivity (Wildman–Crippen MR) is 100 cm³/mol. The van der Waals surface area contributed by atoms with Crippen LogP contribution >= 0.6 is 0 Å². The van der Waals surface area contributed by atoms with Gasteiger partial charge in [0.2, 0.25) is 5.91 Å². The standard InChI is InChI=1S/C21H22N2O4/c1-13(2)23(12-19(22)24)20(25)15-8-9-17-16(10-15)11-18(27-21(17)26)14-6-4-3-5-7-14/h3-10,13,18H,11-12H2,1-2H3,(H2,22,24). The van der Waals surface area contributed by atoms with E-state index in [-0.39, 0.29) is 24.6 Å². The summed E-state index contributed by atoms with van der Waals surface area (Å²) < 4.78 is 5.54. The highest BCUT2D eigenvalue weighted by Gasteiger charge is 2.29. The Bertz CT molecular complexity index is 877. The van der Waals surface area contributed by atoms with Gasteiger partial charge in [0.05, 0.1) is 12.1 Å². The van der Waals surface area contributed by atoms with Crippen molar-refractivity contribution >= 4 is 17.8 Å². The third kappa shape index (κ3) is 4.00. The van der Waals surface area contributed by atoms with Crippen molar-refractivity contribution in [1.82, 2.24) is 4.90 Å². The van der Waals surface area contributed by atoms with E-state index in [0.717, 1.165) is 11.1 Å². The summed E-state index contributed by atoms with van der Waals surface area (Å²) in [5.74, 6) is -1.26. The van der Waals surface area contributed by atoms with Crippen molar-refractivity contribution in [3.63, 3.8) is 0 Å². The fourth-order valence-corrected chi connectivity index (χ4v) is 3.21. The molecule has 2 amide bonds. The lowest BCUT2D eigenvalue weighted by Gasteiger charge is -2.27. The summed E-state index contributed by atoms with van der Waals surface area (Å²) in [6, 6.07) is 14.2. The van der Waals surface area contributed by atoms with Gasteiger partial charge in [-0.2, -0.15) is 0 Å². The van der Waals surface area contributed by atoms with Gasteiger partial charge in [-0.05, 0) is 43.2 Å². The van der Waals surface area contributed by atoms with E-state index in [4.69, 9.17) is 10.5 Å². The Morgan fingerprint density at radius 3 is 2.52 bits per heavy atom. The molecule has 2 aromatic carbocycles. The van der Waals surface area contributed by atoms with Crippen LogP contribution < -0.4 is 5.73 Å². The number of fused-ring (bicyclic) bond motifs is 1. The van der Waals surface area contributed by atoms with Crippen molar-refractivity contribution in [3.05, 3.63) is 70.8 Å². The number of nitrogens with two attached hydrogens (primary N) is 1. The zero-order valence-corrected chi connectivity index (χ0v) is 15.3. The van der Waals surface area contributed by atoms with Crippen molar-refractivity contribution in [3.8, 4) is 0 Å². The van der Waals surface area contributed by atoms with Gasteiger partial charge in [-0.3, -0.25) is 9.59 Å². The molecule has 3 rings (SSSR count). The van der Waals surface area contributed by atoms with Gasteiger partial charge >= 0.3 is 5.97 Å². The minimum atomic E-state index is -0.567. The van der Waals surface area contributed by atoms with Gasteiger partial charge in [-0.25, -0.2) is 4.79 Å². The van der Waals surface area contributed by atoms with E-state index in [1.807, 2.05) is 44.2 Å². The fraction of sp³-hybridized carbons (Fsp3) is 0.286. The number of nitrogens with zero attached hydrogens (tertiary/aromatic N) is 1. The molecule has 0 radical (unpaired) electrons. The summed E-state index contributed by atoms with van der Waals surface area (Å²) in [6.07, 6.45) is 0.104. The van der Waals surface area contributed by atoms with Gasteiger partial charge in [0, 0.05) is 18.0 Å². The van der Waals surface area contributed by atoms with Gasteiger partial charge in [-0.1, -0.05) is 30.3 Å². The van der Waals surface area contributed by atoms with Crippen molar-refractivity contribution in [2.45, 2.75) is 32.4 Å². The highest BCUT2D eigenvalue weighted by atomic mass is 16.5. The molecule has 2 aromatic rings. The number of esters is 1. The minimum Gasteiger partial charge on any atom is -0.454 e. The lowest BCUT2D eigenvalue weighted by Crippen LogP contribution is -2.42. The number of hydrogen-bond acceptors (Lipinski definition) is 4. The van der Waals surface area contributed by atoms with E-state index in [1.54, 1.807) is 18.2 Å². The monoisotopic (exact) mass is 366 g/mol. The molecule has 140 valence electrons. The Balaban J connectivity index is 1.90. The van der Waals surface area contributed by atoms with Crippen LogP contribution in [-0.4, -0.2) is 35.3 Å². The fourth-order valence-electron chi connectivity index (χ4n) is 3.21. The second-order valence-corrected chi connectivity index (χ2v) is 6.87. The molecule has 6 nitrogen and oxygen atoms in total. The first-order valence-corrected chi connectivity index (χ1v) is 8.85. The summed E-state index contributed by atoms with van der Waals surface area (Å²) >= 11 is 0. The lowest BCUT2D eigenvalue weighted by molar-refractivity contribution is -0.119. The van der Waals surface area contributed by atoms with Crippen molar-refractivity contribution in [2.24, 2.45) is 5.73 Å². The summed E-state index contributed by atoms with van der Waals surface area (Å²) in [5, 5.41) is 0. The summed E-state index contributed by atoms with van der Waals surface area (Å²) in [7, 11) is 0. The summed E-state index contributed by atoms with van der Waals surface area (Å²) in [5.41, 5.74) is 7.82. The van der Waals surface area contributed by atoms with E-state index in [0.29, 0.717) is 17.5 Å². The van der Waals surface area contributed by atoms with E-state index in [9.17, 15) is 14.4 Å². The molecule has 0 spiro atoms. The molecule has 0 saturated heterocycles. The van der Waals surface area contributed by atoms with E-state index >= 15 is 0 Å². The molecule has 1 aliphatic heterocycles. The van der Waals surface area contributed by atoms with Crippen LogP contribution in [0, 0.1) is 0 Å². The van der Waals surface area contributed by atoms with Crippen molar-refractivity contribution < 1.29 is 19.1 Å². The summed E-state index contributed by atoms with van der Waals surface area (Å²) in [6.45, 7) is 3.49. The van der Waals surface area contributed by atoms with E-state index in [2.05, 4.69) is 0 Å². The first-order valence-electron chi connectivity index (χ1n) is 8.85. The maximum absolute atomic E-state index is 12.8. The third-order valence-electron chi connectivity index (χ3n) is 4.61. The second kappa shape index (κ2) is 7.61. The molecule has 0 saturated carbocycles. The number of rotatable bonds is 5. The van der Waals surface area contributed by atoms with Gasteiger partial charge in [0.1, 0.15) is 6.10 Å². The number of amides is 2. The average molecular weight is 366 g/mol. The summed E-state index contributed by atoms with van der Waals surface area (Å²) in [4.78, 5) is 37.9. The Morgan fingerprint density at radius 2 is 1.89 bits per heavy atom. The number of carbonyl (C=O) groups excluding carboxylic acids is 3. The maximum Gasteiger partial charge on any atom is 0.339 e. The van der Waals surface area contributed by atoms with Gasteiger partial charge in [0.25, 0.3) is 5.91 Å². The van der Waals surface area contributed by atoms with Crippen LogP contribution in [0.5, 0.6) is 0 Å². The Morgan fingerprint density at radius 1 is 1.19 bits per heavy atom. The number of ether oxygens (including phenoxy) is 1. The van der Waals surface area contributed by atoms with E-state index < -0.39 is 11.9 Å². The highest BCUT2D eigenvalue weighted by molar-refractivity contribution is 5.99. The van der Waals surface area contributed by atoms with Crippen LogP contribution in [0.4, 0.5) is 0 Å². The van der Waals surface area contributed by atoms with Gasteiger partial charge < -0.3 is 15.4 Å². The van der Waals surface area contributed by atoms with Gasteiger partial charge in [-0.15, -0.1) is 0 Å². The largest absolute Gasteiger partial charge is 0.454 e. The van der Waals surface area contributed by atoms with Crippen molar-refractivity contribution in [1.29, 1.82) is 0 Å². The molecule has 2 N–H and O–H groups in total. The zero-order chi connectivity index (χ0) is 19.6. The molecular formula is C21H22N2O4. The lowest BCUT2D eigenvalue weighted by atomic mass is 9.93. The first kappa shape index (κ1) is 18.6. The second-order valence-electron chi connectivity index (χ2n) is 6.87. The van der Waals surface area contributed by atoms with Crippen LogP contribution in [0.15, 0.2) is 48.5 Å². The minimum absolute atomic E-state index is 0.151. The molecule has 1 unspecified atom stereocenters. The normalized spacial score (nSPS) is 15.8. The van der Waals surface area contributed by atoms with Crippen LogP contribution in [0.25, 0.3) is 0 Å². The number of carbonyl (C=O) groups is 3. The molecule has 0 aromatic heterocycles. The number of benzene rings is 2. The predicted octanol–water partition coefficient (Wildman–Crippen LogP) is 2.48. The molecule has 1 atom stereocenters. The van der Waals surface area contributed by atoms with Crippen LogP contribution in [0.2, 0.25) is 0 Å². The van der Waals surface area contributed by atoms with E-state index in [1.165, 1.54) is 4.90 Å². The molecule has 6 heteroatoms. The average Bonchev–Trinajstić information content (AvgIpc) is 2.65. The molecule has 0 bridgehead atoms. The third-order valence-corrected chi connectivity index (χ3v) is 4.61. The molecule has 1 heterocycles. The Kier molecular flexibility index (Phi) is 5.26. The Hall–Kier alpha value is -3.15. The van der Waals surface area contributed by atoms with Crippen LogP contribution in [0.1, 0.15) is 51.8 Å². The number of cyclic esters (lactones) is 1. The highest BCUT2D eigenvalue weighted by Crippen LogP contribution is 2.31. The molecule has 0 fully saturated rings. The van der Waals surface area contributed by atoms with Crippen molar-refractivity contribution in [2.75, 3.05) is 6.54 Å². The maximum atomic E-state index is 12.8. The molecule has 27 heavy (non-hydrogen) atoms. The topological polar surface area (TPSA) is 89.7 Å². The first-order chi connectivity index (χ1) is 12.9.